The van der Waals surface area contributed by atoms with Gasteiger partial charge >= 0.3 is 0 Å². The van der Waals surface area contributed by atoms with Crippen LogP contribution in [0.15, 0.2) is 0 Å². The lowest BCUT2D eigenvalue weighted by Crippen LogP contribution is -1.84. The van der Waals surface area contributed by atoms with E-state index in [1.165, 1.54) is 57.8 Å². The molecule has 0 spiro atoms. The molecule has 0 aliphatic heterocycles. The first-order valence-corrected chi connectivity index (χ1v) is 6.02. The largest absolute Gasteiger partial charge is 0.396 e. The van der Waals surface area contributed by atoms with Gasteiger partial charge < -0.3 is 5.11 Å². The quantitative estimate of drug-likeness (QED) is 0.526. The van der Waals surface area contributed by atoms with Gasteiger partial charge in [-0.3, -0.25) is 0 Å². The van der Waals surface area contributed by atoms with Crippen LogP contribution in [0.3, 0.4) is 0 Å². The molecule has 0 aliphatic carbocycles. The second-order valence-corrected chi connectivity index (χ2v) is 3.91. The zero-order valence-corrected chi connectivity index (χ0v) is 9.73. The molecule has 0 aromatic rings. The summed E-state index contributed by atoms with van der Waals surface area (Å²) in [5, 5.41) is 8.57. The molecule has 1 N–H and O–H groups in total. The molecular weight excluding hydrogens is 172 g/mol. The summed E-state index contributed by atoms with van der Waals surface area (Å²) in [6.45, 7) is 2.63. The Bertz CT molecular complexity index is 71.3. The summed E-state index contributed by atoms with van der Waals surface area (Å²) in [7, 11) is 0. The van der Waals surface area contributed by atoms with E-state index in [-0.39, 0.29) is 7.43 Å². The number of aliphatic hydroxyl groups excluding tert-OH is 1. The predicted octanol–water partition coefficient (Wildman–Crippen LogP) is 3.98. The molecule has 0 rings (SSSR count). The Kier molecular flexibility index (Phi) is 18.1. The average Bonchev–Trinajstić information content (AvgIpc) is 2.16. The third-order valence-corrected chi connectivity index (χ3v) is 2.51. The molecule has 4 radical (unpaired) electrons. The first-order valence-electron chi connectivity index (χ1n) is 6.02. The van der Waals surface area contributed by atoms with Crippen molar-refractivity contribution in [2.75, 3.05) is 6.61 Å². The van der Waals surface area contributed by atoms with Gasteiger partial charge in [0.25, 0.3) is 0 Å². The molecular formula is C13H26O. The van der Waals surface area contributed by atoms with Crippen molar-refractivity contribution in [2.45, 2.75) is 71.1 Å². The highest BCUT2D eigenvalue weighted by molar-refractivity contribution is 4.46. The summed E-state index contributed by atoms with van der Waals surface area (Å²) in [6, 6.07) is 0. The van der Waals surface area contributed by atoms with Gasteiger partial charge in [-0.2, -0.15) is 0 Å². The molecule has 1 heteroatoms. The number of rotatable bonds is 10. The van der Waals surface area contributed by atoms with Crippen LogP contribution in [0.4, 0.5) is 0 Å². The maximum Gasteiger partial charge on any atom is 0.0431 e. The number of unbranched alkanes of at least 4 members (excludes halogenated alkanes) is 9. The molecule has 0 fully saturated rings. The fourth-order valence-corrected chi connectivity index (χ4v) is 1.60. The zero-order valence-electron chi connectivity index (χ0n) is 9.73. The maximum atomic E-state index is 8.57. The lowest BCUT2D eigenvalue weighted by Gasteiger charge is -2.00. The van der Waals surface area contributed by atoms with Crippen LogP contribution in [0.2, 0.25) is 0 Å². The Morgan fingerprint density at radius 2 is 1.00 bits per heavy atom. The Balaban J connectivity index is 0. The SMILES string of the molecule is CCCCCCCCCCCCO.[C]. The topological polar surface area (TPSA) is 20.2 Å². The van der Waals surface area contributed by atoms with Gasteiger partial charge in [-0.05, 0) is 6.42 Å². The van der Waals surface area contributed by atoms with Crippen LogP contribution in [0.1, 0.15) is 71.1 Å². The molecule has 0 heterocycles. The second kappa shape index (κ2) is 15.4. The van der Waals surface area contributed by atoms with E-state index >= 15 is 0 Å². The summed E-state index contributed by atoms with van der Waals surface area (Å²) in [5.41, 5.74) is 0. The van der Waals surface area contributed by atoms with Gasteiger partial charge in [0, 0.05) is 14.0 Å². The van der Waals surface area contributed by atoms with Crippen LogP contribution in [0.5, 0.6) is 0 Å². The highest BCUT2D eigenvalue weighted by Crippen LogP contribution is 2.09. The van der Waals surface area contributed by atoms with E-state index in [2.05, 4.69) is 6.92 Å². The van der Waals surface area contributed by atoms with Gasteiger partial charge in [0.1, 0.15) is 0 Å². The molecule has 1 nitrogen and oxygen atoms in total. The second-order valence-electron chi connectivity index (χ2n) is 3.91. The third kappa shape index (κ3) is 14.5. The van der Waals surface area contributed by atoms with Crippen LogP contribution >= 0.6 is 0 Å². The molecule has 0 aromatic carbocycles. The Labute approximate surface area is 90.9 Å². The van der Waals surface area contributed by atoms with Crippen LogP contribution < -0.4 is 0 Å². The molecule has 0 aromatic heterocycles. The van der Waals surface area contributed by atoms with Gasteiger partial charge in [0.05, 0.1) is 0 Å². The van der Waals surface area contributed by atoms with Crippen molar-refractivity contribution < 1.29 is 5.11 Å². The molecule has 0 saturated carbocycles. The maximum absolute atomic E-state index is 8.57. The lowest BCUT2D eigenvalue weighted by atomic mass is 10.1. The highest BCUT2D eigenvalue weighted by atomic mass is 16.2. The van der Waals surface area contributed by atoms with Gasteiger partial charge in [-0.15, -0.1) is 0 Å². The minimum absolute atomic E-state index is 0. The number of hydrogen-bond acceptors (Lipinski definition) is 1. The molecule has 0 amide bonds. The molecule has 0 atom stereocenters. The van der Waals surface area contributed by atoms with E-state index in [0.29, 0.717) is 6.61 Å². The number of aliphatic hydroxyl groups is 1. The Hall–Kier alpha value is -0.0400. The molecule has 0 saturated heterocycles. The van der Waals surface area contributed by atoms with Crippen molar-refractivity contribution in [1.82, 2.24) is 0 Å². The van der Waals surface area contributed by atoms with Crippen LogP contribution in [-0.4, -0.2) is 11.7 Å². The van der Waals surface area contributed by atoms with Crippen molar-refractivity contribution in [2.24, 2.45) is 0 Å². The highest BCUT2D eigenvalue weighted by Gasteiger charge is 1.91. The monoisotopic (exact) mass is 198 g/mol. The smallest absolute Gasteiger partial charge is 0.0431 e. The van der Waals surface area contributed by atoms with E-state index in [4.69, 9.17) is 5.11 Å². The Morgan fingerprint density at radius 3 is 1.36 bits per heavy atom. The van der Waals surface area contributed by atoms with Crippen molar-refractivity contribution in [3.8, 4) is 0 Å². The van der Waals surface area contributed by atoms with Crippen molar-refractivity contribution in [3.63, 3.8) is 0 Å². The van der Waals surface area contributed by atoms with Gasteiger partial charge in [0.2, 0.25) is 0 Å². The fraction of sp³-hybridized carbons (Fsp3) is 0.923. The van der Waals surface area contributed by atoms with Crippen LogP contribution in [-0.2, 0) is 0 Å². The minimum atomic E-state index is 0. The zero-order chi connectivity index (χ0) is 9.78. The van der Waals surface area contributed by atoms with E-state index < -0.39 is 0 Å². The Morgan fingerprint density at radius 1 is 0.643 bits per heavy atom. The standard InChI is InChI=1S/C12H26O.C/c1-2-3-4-5-6-7-8-9-10-11-12-13;/h13H,2-12H2,1H3;. The summed E-state index contributed by atoms with van der Waals surface area (Å²) in [5.74, 6) is 0. The first kappa shape index (κ1) is 16.4. The van der Waals surface area contributed by atoms with Crippen LogP contribution in [0, 0.1) is 7.43 Å². The molecule has 0 bridgehead atoms. The van der Waals surface area contributed by atoms with Crippen molar-refractivity contribution >= 4 is 0 Å². The van der Waals surface area contributed by atoms with E-state index in [9.17, 15) is 0 Å². The summed E-state index contributed by atoms with van der Waals surface area (Å²) in [6.07, 6.45) is 13.3. The summed E-state index contributed by atoms with van der Waals surface area (Å²) < 4.78 is 0. The van der Waals surface area contributed by atoms with E-state index in [1.54, 1.807) is 0 Å². The lowest BCUT2D eigenvalue weighted by molar-refractivity contribution is 0.282. The van der Waals surface area contributed by atoms with Crippen molar-refractivity contribution in [1.29, 1.82) is 0 Å². The molecule has 14 heavy (non-hydrogen) atoms. The van der Waals surface area contributed by atoms with Gasteiger partial charge in [-0.1, -0.05) is 64.7 Å². The van der Waals surface area contributed by atoms with E-state index in [0.717, 1.165) is 6.42 Å². The van der Waals surface area contributed by atoms with E-state index in [1.807, 2.05) is 0 Å². The third-order valence-electron chi connectivity index (χ3n) is 2.51. The molecule has 0 unspecified atom stereocenters. The molecule has 84 valence electrons. The minimum Gasteiger partial charge on any atom is -0.396 e. The summed E-state index contributed by atoms with van der Waals surface area (Å²) in [4.78, 5) is 0. The van der Waals surface area contributed by atoms with Crippen molar-refractivity contribution in [3.05, 3.63) is 7.43 Å². The normalized spacial score (nSPS) is 9.86. The van der Waals surface area contributed by atoms with Gasteiger partial charge in [-0.25, -0.2) is 0 Å². The number of hydrogen-bond donors (Lipinski definition) is 1. The summed E-state index contributed by atoms with van der Waals surface area (Å²) >= 11 is 0. The molecule has 0 aliphatic rings. The fourth-order valence-electron chi connectivity index (χ4n) is 1.60. The first-order chi connectivity index (χ1) is 6.41. The average molecular weight is 198 g/mol. The van der Waals surface area contributed by atoms with Gasteiger partial charge in [0.15, 0.2) is 0 Å². The predicted molar refractivity (Wildman–Crippen MR) is 62.2 cm³/mol. The van der Waals surface area contributed by atoms with Crippen LogP contribution in [0.25, 0.3) is 0 Å².